The van der Waals surface area contributed by atoms with Crippen molar-refractivity contribution < 1.29 is 12.9 Å². The Labute approximate surface area is 118 Å². The third kappa shape index (κ3) is 3.60. The van der Waals surface area contributed by atoms with Crippen molar-refractivity contribution in [2.45, 2.75) is 26.1 Å². The highest BCUT2D eigenvalue weighted by Crippen LogP contribution is 2.20. The highest BCUT2D eigenvalue weighted by Gasteiger charge is 2.11. The predicted molar refractivity (Wildman–Crippen MR) is 78.3 cm³/mol. The molecule has 1 N–H and O–H groups in total. The van der Waals surface area contributed by atoms with Crippen molar-refractivity contribution in [3.05, 3.63) is 46.8 Å². The van der Waals surface area contributed by atoms with Gasteiger partial charge in [-0.1, -0.05) is 23.4 Å². The van der Waals surface area contributed by atoms with E-state index in [2.05, 4.69) is 10.5 Å². The van der Waals surface area contributed by atoms with Crippen molar-refractivity contribution in [3.63, 3.8) is 0 Å². The number of anilines is 1. The number of aryl methyl sites for hydroxylation is 2. The van der Waals surface area contributed by atoms with E-state index in [0.29, 0.717) is 6.54 Å². The van der Waals surface area contributed by atoms with Gasteiger partial charge in [0.15, 0.2) is 9.84 Å². The van der Waals surface area contributed by atoms with Crippen molar-refractivity contribution in [3.8, 4) is 0 Å². The second-order valence-electron chi connectivity index (χ2n) is 4.88. The Morgan fingerprint density at radius 1 is 1.25 bits per heavy atom. The van der Waals surface area contributed by atoms with Crippen LogP contribution in [0.25, 0.3) is 0 Å². The molecule has 0 aliphatic carbocycles. The van der Waals surface area contributed by atoms with Crippen molar-refractivity contribution in [2.75, 3.05) is 11.6 Å². The highest BCUT2D eigenvalue weighted by molar-refractivity contribution is 7.89. The summed E-state index contributed by atoms with van der Waals surface area (Å²) in [7, 11) is -3.06. The minimum absolute atomic E-state index is 0.0256. The fourth-order valence-electron chi connectivity index (χ4n) is 2.04. The second kappa shape index (κ2) is 5.66. The van der Waals surface area contributed by atoms with Crippen LogP contribution >= 0.6 is 0 Å². The summed E-state index contributed by atoms with van der Waals surface area (Å²) in [6, 6.07) is 7.40. The first-order chi connectivity index (χ1) is 9.37. The number of nitrogens with one attached hydrogen (secondary N) is 1. The summed E-state index contributed by atoms with van der Waals surface area (Å²) in [5, 5.41) is 7.15. The maximum Gasteiger partial charge on any atom is 0.151 e. The SMILES string of the molecule is Cc1noc(C)c1CNc1ccccc1CS(C)(=O)=O. The van der Waals surface area contributed by atoms with Crippen molar-refractivity contribution >= 4 is 15.5 Å². The molecule has 1 aromatic heterocycles. The van der Waals surface area contributed by atoms with Crippen molar-refractivity contribution in [2.24, 2.45) is 0 Å². The Bertz CT molecular complexity index is 685. The van der Waals surface area contributed by atoms with Gasteiger partial charge in [-0.3, -0.25) is 0 Å². The molecule has 0 unspecified atom stereocenters. The fraction of sp³-hybridized carbons (Fsp3) is 0.357. The van der Waals surface area contributed by atoms with Gasteiger partial charge < -0.3 is 9.84 Å². The third-order valence-electron chi connectivity index (χ3n) is 3.07. The first-order valence-electron chi connectivity index (χ1n) is 6.28. The smallest absolute Gasteiger partial charge is 0.151 e. The number of hydrogen-bond donors (Lipinski definition) is 1. The summed E-state index contributed by atoms with van der Waals surface area (Å²) in [5.41, 5.74) is 3.43. The number of rotatable bonds is 5. The van der Waals surface area contributed by atoms with Crippen LogP contribution in [0, 0.1) is 13.8 Å². The molecule has 0 amide bonds. The maximum atomic E-state index is 11.4. The molecule has 1 heterocycles. The van der Waals surface area contributed by atoms with Crippen LogP contribution in [-0.2, 0) is 22.1 Å². The molecule has 5 nitrogen and oxygen atoms in total. The van der Waals surface area contributed by atoms with Gasteiger partial charge in [-0.2, -0.15) is 0 Å². The van der Waals surface area contributed by atoms with Crippen LogP contribution in [0.3, 0.4) is 0 Å². The molecule has 20 heavy (non-hydrogen) atoms. The minimum Gasteiger partial charge on any atom is -0.381 e. The van der Waals surface area contributed by atoms with Crippen LogP contribution in [-0.4, -0.2) is 19.8 Å². The van der Waals surface area contributed by atoms with Gasteiger partial charge in [0, 0.05) is 24.1 Å². The number of nitrogens with zero attached hydrogens (tertiary/aromatic N) is 1. The van der Waals surface area contributed by atoms with Crippen molar-refractivity contribution in [1.29, 1.82) is 0 Å². The second-order valence-corrected chi connectivity index (χ2v) is 7.02. The monoisotopic (exact) mass is 294 g/mol. The molecule has 2 aromatic rings. The molecule has 0 saturated heterocycles. The molecule has 0 spiro atoms. The summed E-state index contributed by atoms with van der Waals surface area (Å²) in [6.07, 6.45) is 1.23. The van der Waals surface area contributed by atoms with Gasteiger partial charge in [0.1, 0.15) is 5.76 Å². The standard InChI is InChI=1S/C14H18N2O3S/c1-10-13(11(2)19-16-10)8-15-14-7-5-4-6-12(14)9-20(3,17)18/h4-7,15H,8-9H2,1-3H3. The van der Waals surface area contributed by atoms with Gasteiger partial charge in [-0.15, -0.1) is 0 Å². The molecule has 0 atom stereocenters. The van der Waals surface area contributed by atoms with Gasteiger partial charge in [0.25, 0.3) is 0 Å². The molecule has 0 fully saturated rings. The van der Waals surface area contributed by atoms with Crippen LogP contribution in [0.15, 0.2) is 28.8 Å². The number of benzene rings is 1. The molecule has 0 saturated carbocycles. The molecular weight excluding hydrogens is 276 g/mol. The van der Waals surface area contributed by atoms with Gasteiger partial charge in [-0.25, -0.2) is 8.42 Å². The summed E-state index contributed by atoms with van der Waals surface area (Å²) in [4.78, 5) is 0. The zero-order chi connectivity index (χ0) is 14.8. The molecular formula is C14H18N2O3S. The van der Waals surface area contributed by atoms with Crippen LogP contribution in [0.2, 0.25) is 0 Å². The Balaban J connectivity index is 2.18. The number of sulfone groups is 1. The van der Waals surface area contributed by atoms with E-state index < -0.39 is 9.84 Å². The van der Waals surface area contributed by atoms with Crippen LogP contribution in [0.5, 0.6) is 0 Å². The molecule has 2 rings (SSSR count). The van der Waals surface area contributed by atoms with E-state index in [1.807, 2.05) is 38.1 Å². The Hall–Kier alpha value is -1.82. The Morgan fingerprint density at radius 3 is 2.55 bits per heavy atom. The number of hydrogen-bond acceptors (Lipinski definition) is 5. The van der Waals surface area contributed by atoms with E-state index in [9.17, 15) is 8.42 Å². The Morgan fingerprint density at radius 2 is 1.95 bits per heavy atom. The summed E-state index contributed by atoms with van der Waals surface area (Å²) >= 11 is 0. The van der Waals surface area contributed by atoms with Crippen LogP contribution in [0.4, 0.5) is 5.69 Å². The van der Waals surface area contributed by atoms with Gasteiger partial charge in [0.2, 0.25) is 0 Å². The lowest BCUT2D eigenvalue weighted by Crippen LogP contribution is -2.07. The van der Waals surface area contributed by atoms with E-state index in [4.69, 9.17) is 4.52 Å². The Kier molecular flexibility index (Phi) is 4.13. The van der Waals surface area contributed by atoms with Gasteiger partial charge in [0.05, 0.1) is 11.4 Å². The van der Waals surface area contributed by atoms with Crippen LogP contribution in [0.1, 0.15) is 22.6 Å². The maximum absolute atomic E-state index is 11.4. The average Bonchev–Trinajstić information content (AvgIpc) is 2.66. The minimum atomic E-state index is -3.06. The summed E-state index contributed by atoms with van der Waals surface area (Å²) < 4.78 is 28.0. The van der Waals surface area contributed by atoms with Gasteiger partial charge in [-0.05, 0) is 25.5 Å². The number of para-hydroxylation sites is 1. The van der Waals surface area contributed by atoms with E-state index in [1.54, 1.807) is 0 Å². The normalized spacial score (nSPS) is 11.6. The van der Waals surface area contributed by atoms with E-state index in [1.165, 1.54) is 6.26 Å². The third-order valence-corrected chi connectivity index (χ3v) is 3.91. The fourth-order valence-corrected chi connectivity index (χ4v) is 2.86. The molecule has 0 radical (unpaired) electrons. The summed E-state index contributed by atoms with van der Waals surface area (Å²) in [6.45, 7) is 4.30. The molecule has 0 bridgehead atoms. The lowest BCUT2D eigenvalue weighted by Gasteiger charge is -2.11. The average molecular weight is 294 g/mol. The molecule has 0 aliphatic rings. The predicted octanol–water partition coefficient (Wildman–Crippen LogP) is 2.45. The van der Waals surface area contributed by atoms with E-state index in [-0.39, 0.29) is 5.75 Å². The highest BCUT2D eigenvalue weighted by atomic mass is 32.2. The topological polar surface area (TPSA) is 72.2 Å². The molecule has 108 valence electrons. The van der Waals surface area contributed by atoms with E-state index in [0.717, 1.165) is 28.3 Å². The zero-order valence-corrected chi connectivity index (χ0v) is 12.6. The molecule has 1 aromatic carbocycles. The zero-order valence-electron chi connectivity index (χ0n) is 11.8. The van der Waals surface area contributed by atoms with Gasteiger partial charge >= 0.3 is 0 Å². The first kappa shape index (κ1) is 14.6. The lowest BCUT2D eigenvalue weighted by molar-refractivity contribution is 0.392. The summed E-state index contributed by atoms with van der Waals surface area (Å²) in [5.74, 6) is 0.799. The largest absolute Gasteiger partial charge is 0.381 e. The molecule has 6 heteroatoms. The quantitative estimate of drug-likeness (QED) is 0.917. The van der Waals surface area contributed by atoms with Crippen molar-refractivity contribution in [1.82, 2.24) is 5.16 Å². The number of aromatic nitrogens is 1. The van der Waals surface area contributed by atoms with E-state index >= 15 is 0 Å². The molecule has 0 aliphatic heterocycles. The lowest BCUT2D eigenvalue weighted by atomic mass is 10.1. The first-order valence-corrected chi connectivity index (χ1v) is 8.34. The van der Waals surface area contributed by atoms with Crippen LogP contribution < -0.4 is 5.32 Å².